The SMILES string of the molecule is CN(Cc1ccccc1)C1=C(c2cccs2)C(=O)N(c2ccc(Br)cc2)C1=O. The van der Waals surface area contributed by atoms with Gasteiger partial charge in [-0.25, -0.2) is 4.90 Å². The van der Waals surface area contributed by atoms with Gasteiger partial charge in [-0.3, -0.25) is 9.59 Å². The molecular formula is C22H17BrN2O2S. The topological polar surface area (TPSA) is 40.6 Å². The molecule has 4 nitrogen and oxygen atoms in total. The lowest BCUT2D eigenvalue weighted by atomic mass is 10.1. The highest BCUT2D eigenvalue weighted by Crippen LogP contribution is 2.36. The van der Waals surface area contributed by atoms with E-state index in [0.717, 1.165) is 14.9 Å². The van der Waals surface area contributed by atoms with Crippen LogP contribution in [0.4, 0.5) is 5.69 Å². The number of carbonyl (C=O) groups is 2. The highest BCUT2D eigenvalue weighted by atomic mass is 79.9. The summed E-state index contributed by atoms with van der Waals surface area (Å²) in [5.41, 5.74) is 2.53. The average Bonchev–Trinajstić information content (AvgIpc) is 3.30. The van der Waals surface area contributed by atoms with Crippen LogP contribution in [0.3, 0.4) is 0 Å². The number of rotatable bonds is 5. The Balaban J connectivity index is 1.76. The first kappa shape index (κ1) is 18.7. The number of carbonyl (C=O) groups excluding carboxylic acids is 2. The quantitative estimate of drug-likeness (QED) is 0.515. The second kappa shape index (κ2) is 7.73. The molecule has 0 radical (unpaired) electrons. The molecular weight excluding hydrogens is 436 g/mol. The van der Waals surface area contributed by atoms with Gasteiger partial charge in [0, 0.05) is 22.9 Å². The lowest BCUT2D eigenvalue weighted by molar-refractivity contribution is -0.120. The van der Waals surface area contributed by atoms with Crippen LogP contribution in [0.25, 0.3) is 5.57 Å². The molecule has 0 unspecified atom stereocenters. The third kappa shape index (κ3) is 3.41. The summed E-state index contributed by atoms with van der Waals surface area (Å²) in [6, 6.07) is 20.9. The zero-order chi connectivity index (χ0) is 19.7. The van der Waals surface area contributed by atoms with Gasteiger partial charge in [0.05, 0.1) is 11.3 Å². The van der Waals surface area contributed by atoms with E-state index in [1.54, 1.807) is 12.1 Å². The number of halogens is 1. The third-order valence-electron chi connectivity index (χ3n) is 4.56. The first-order chi connectivity index (χ1) is 13.6. The number of thiophene rings is 1. The number of hydrogen-bond donors (Lipinski definition) is 0. The van der Waals surface area contributed by atoms with Crippen molar-refractivity contribution in [1.82, 2.24) is 4.90 Å². The van der Waals surface area contributed by atoms with Gasteiger partial charge < -0.3 is 4.90 Å². The second-order valence-electron chi connectivity index (χ2n) is 6.46. The van der Waals surface area contributed by atoms with E-state index in [9.17, 15) is 9.59 Å². The van der Waals surface area contributed by atoms with Gasteiger partial charge in [0.1, 0.15) is 5.70 Å². The van der Waals surface area contributed by atoms with Gasteiger partial charge in [-0.1, -0.05) is 52.3 Å². The summed E-state index contributed by atoms with van der Waals surface area (Å²) >= 11 is 4.86. The maximum atomic E-state index is 13.3. The van der Waals surface area contributed by atoms with E-state index in [0.29, 0.717) is 23.5 Å². The van der Waals surface area contributed by atoms with Crippen LogP contribution >= 0.6 is 27.3 Å². The molecule has 0 N–H and O–H groups in total. The van der Waals surface area contributed by atoms with Gasteiger partial charge in [-0.15, -0.1) is 11.3 Å². The molecule has 1 aliphatic rings. The van der Waals surface area contributed by atoms with Crippen molar-refractivity contribution in [2.45, 2.75) is 6.54 Å². The largest absolute Gasteiger partial charge is 0.365 e. The Hall–Kier alpha value is -2.70. The van der Waals surface area contributed by atoms with Crippen molar-refractivity contribution >= 4 is 50.3 Å². The molecule has 1 aliphatic heterocycles. The fourth-order valence-electron chi connectivity index (χ4n) is 3.28. The van der Waals surface area contributed by atoms with Crippen LogP contribution in [0.5, 0.6) is 0 Å². The second-order valence-corrected chi connectivity index (χ2v) is 8.33. The summed E-state index contributed by atoms with van der Waals surface area (Å²) < 4.78 is 0.892. The van der Waals surface area contributed by atoms with E-state index in [-0.39, 0.29) is 11.8 Å². The Labute approximate surface area is 175 Å². The van der Waals surface area contributed by atoms with E-state index >= 15 is 0 Å². The molecule has 4 rings (SSSR count). The summed E-state index contributed by atoms with van der Waals surface area (Å²) in [4.78, 5) is 30.5. The molecule has 2 amide bonds. The zero-order valence-electron chi connectivity index (χ0n) is 15.1. The Morgan fingerprint density at radius 2 is 1.64 bits per heavy atom. The van der Waals surface area contributed by atoms with Crippen LogP contribution in [0.2, 0.25) is 0 Å². The molecule has 6 heteroatoms. The van der Waals surface area contributed by atoms with E-state index in [1.165, 1.54) is 16.2 Å². The normalized spacial score (nSPS) is 14.1. The van der Waals surface area contributed by atoms with Crippen LogP contribution < -0.4 is 4.90 Å². The van der Waals surface area contributed by atoms with Crippen molar-refractivity contribution < 1.29 is 9.59 Å². The number of nitrogens with zero attached hydrogens (tertiary/aromatic N) is 2. The average molecular weight is 453 g/mol. The van der Waals surface area contributed by atoms with Crippen molar-refractivity contribution in [1.29, 1.82) is 0 Å². The van der Waals surface area contributed by atoms with E-state index in [2.05, 4.69) is 15.9 Å². The summed E-state index contributed by atoms with van der Waals surface area (Å²) in [6.07, 6.45) is 0. The molecule has 0 saturated carbocycles. The minimum Gasteiger partial charge on any atom is -0.365 e. The predicted octanol–water partition coefficient (Wildman–Crippen LogP) is 4.93. The Bertz CT molecular complexity index is 1040. The van der Waals surface area contributed by atoms with Crippen LogP contribution in [0.1, 0.15) is 10.4 Å². The molecule has 0 saturated heterocycles. The van der Waals surface area contributed by atoms with Gasteiger partial charge in [-0.05, 0) is 41.3 Å². The van der Waals surface area contributed by atoms with Crippen molar-refractivity contribution in [2.75, 3.05) is 11.9 Å². The van der Waals surface area contributed by atoms with Crippen molar-refractivity contribution in [3.63, 3.8) is 0 Å². The molecule has 1 aromatic heterocycles. The number of likely N-dealkylation sites (N-methyl/N-ethyl adjacent to an activating group) is 1. The fraction of sp³-hybridized carbons (Fsp3) is 0.0909. The Morgan fingerprint density at radius 3 is 2.29 bits per heavy atom. The minimum absolute atomic E-state index is 0.287. The standard InChI is InChI=1S/C22H17BrN2O2S/c1-24(14-15-6-3-2-4-7-15)20-19(18-8-5-13-28-18)21(26)25(22(20)27)17-11-9-16(23)10-12-17/h2-13H,14H2,1H3. The van der Waals surface area contributed by atoms with E-state index in [1.807, 2.05) is 71.9 Å². The number of imide groups is 1. The van der Waals surface area contributed by atoms with Crippen molar-refractivity contribution in [2.24, 2.45) is 0 Å². The Morgan fingerprint density at radius 1 is 0.929 bits per heavy atom. The number of anilines is 1. The highest BCUT2D eigenvalue weighted by molar-refractivity contribution is 9.10. The molecule has 0 fully saturated rings. The van der Waals surface area contributed by atoms with Crippen LogP contribution in [-0.2, 0) is 16.1 Å². The molecule has 28 heavy (non-hydrogen) atoms. The third-order valence-corrected chi connectivity index (χ3v) is 5.97. The van der Waals surface area contributed by atoms with Crippen LogP contribution in [-0.4, -0.2) is 23.8 Å². The van der Waals surface area contributed by atoms with Crippen LogP contribution in [0.15, 0.2) is 82.3 Å². The molecule has 140 valence electrons. The van der Waals surface area contributed by atoms with Gasteiger partial charge in [0.15, 0.2) is 0 Å². The van der Waals surface area contributed by atoms with Crippen molar-refractivity contribution in [3.05, 3.63) is 92.7 Å². The lowest BCUT2D eigenvalue weighted by Crippen LogP contribution is -2.34. The maximum absolute atomic E-state index is 13.3. The number of benzene rings is 2. The highest BCUT2D eigenvalue weighted by Gasteiger charge is 2.42. The number of amides is 2. The molecule has 2 heterocycles. The van der Waals surface area contributed by atoms with Gasteiger partial charge >= 0.3 is 0 Å². The van der Waals surface area contributed by atoms with Gasteiger partial charge in [0.2, 0.25) is 0 Å². The van der Waals surface area contributed by atoms with Gasteiger partial charge in [0.25, 0.3) is 11.8 Å². The molecule has 2 aromatic carbocycles. The summed E-state index contributed by atoms with van der Waals surface area (Å²) in [7, 11) is 1.85. The van der Waals surface area contributed by atoms with E-state index in [4.69, 9.17) is 0 Å². The maximum Gasteiger partial charge on any atom is 0.282 e. The van der Waals surface area contributed by atoms with E-state index < -0.39 is 0 Å². The smallest absolute Gasteiger partial charge is 0.282 e. The fourth-order valence-corrected chi connectivity index (χ4v) is 4.30. The molecule has 0 aliphatic carbocycles. The predicted molar refractivity (Wildman–Crippen MR) is 116 cm³/mol. The number of hydrogen-bond acceptors (Lipinski definition) is 4. The zero-order valence-corrected chi connectivity index (χ0v) is 17.5. The molecule has 0 bridgehead atoms. The van der Waals surface area contributed by atoms with Gasteiger partial charge in [-0.2, -0.15) is 0 Å². The first-order valence-electron chi connectivity index (χ1n) is 8.74. The van der Waals surface area contributed by atoms with Crippen LogP contribution in [0, 0.1) is 0 Å². The minimum atomic E-state index is -0.297. The van der Waals surface area contributed by atoms with Crippen molar-refractivity contribution in [3.8, 4) is 0 Å². The summed E-state index contributed by atoms with van der Waals surface area (Å²) in [6.45, 7) is 0.540. The summed E-state index contributed by atoms with van der Waals surface area (Å²) in [5.74, 6) is -0.584. The molecule has 0 atom stereocenters. The monoisotopic (exact) mass is 452 g/mol. The lowest BCUT2D eigenvalue weighted by Gasteiger charge is -2.21. The molecule has 3 aromatic rings. The Kier molecular flexibility index (Phi) is 5.15. The first-order valence-corrected chi connectivity index (χ1v) is 10.4. The molecule has 0 spiro atoms. The summed E-state index contributed by atoms with van der Waals surface area (Å²) in [5, 5.41) is 1.91.